The van der Waals surface area contributed by atoms with Crippen LogP contribution in [-0.2, 0) is 0 Å². The summed E-state index contributed by atoms with van der Waals surface area (Å²) < 4.78 is 1.08. The van der Waals surface area contributed by atoms with Crippen molar-refractivity contribution in [3.63, 3.8) is 0 Å². The minimum absolute atomic E-state index is 0. The van der Waals surface area contributed by atoms with Gasteiger partial charge in [-0.3, -0.25) is 4.79 Å². The van der Waals surface area contributed by atoms with Crippen LogP contribution < -0.4 is 11.1 Å². The molecule has 0 saturated heterocycles. The first kappa shape index (κ1) is 15.7. The van der Waals surface area contributed by atoms with Crippen molar-refractivity contribution in [3.8, 4) is 0 Å². The van der Waals surface area contributed by atoms with Gasteiger partial charge in [-0.05, 0) is 66.1 Å². The number of carbonyl (C=O) groups is 1. The summed E-state index contributed by atoms with van der Waals surface area (Å²) in [7, 11) is 0. The van der Waals surface area contributed by atoms with Gasteiger partial charge >= 0.3 is 0 Å². The molecule has 2 unspecified atom stereocenters. The molecule has 1 amide bonds. The van der Waals surface area contributed by atoms with E-state index >= 15 is 0 Å². The highest BCUT2D eigenvalue weighted by Crippen LogP contribution is 2.24. The van der Waals surface area contributed by atoms with Crippen LogP contribution in [0.3, 0.4) is 0 Å². The van der Waals surface area contributed by atoms with E-state index in [-0.39, 0.29) is 24.4 Å². The summed E-state index contributed by atoms with van der Waals surface area (Å²) in [5.74, 6) is 0.468. The van der Waals surface area contributed by atoms with Gasteiger partial charge in [0.25, 0.3) is 5.91 Å². The molecular weight excluding hydrogens is 363 g/mol. The van der Waals surface area contributed by atoms with E-state index in [1.807, 2.05) is 24.3 Å². The molecule has 0 radical (unpaired) electrons. The maximum absolute atomic E-state index is 12.1. The van der Waals surface area contributed by atoms with E-state index in [0.717, 1.165) is 22.0 Å². The molecule has 0 aliphatic heterocycles. The normalized spacial score (nSPS) is 22.3. The largest absolute Gasteiger partial charge is 0.349 e. The van der Waals surface area contributed by atoms with Gasteiger partial charge in [-0.25, -0.2) is 0 Å². The van der Waals surface area contributed by atoms with E-state index < -0.39 is 0 Å². The Bertz CT molecular complexity index is 414. The Balaban J connectivity index is 0.00000162. The van der Waals surface area contributed by atoms with Crippen LogP contribution in [0.4, 0.5) is 0 Å². The molecule has 2 atom stereocenters. The molecule has 0 heterocycles. The van der Waals surface area contributed by atoms with Gasteiger partial charge in [-0.15, -0.1) is 12.4 Å². The van der Waals surface area contributed by atoms with Crippen molar-refractivity contribution < 1.29 is 4.79 Å². The Labute approximate surface area is 127 Å². The van der Waals surface area contributed by atoms with Gasteiger partial charge in [-0.2, -0.15) is 0 Å². The number of halogens is 2. The van der Waals surface area contributed by atoms with Crippen molar-refractivity contribution in [2.75, 3.05) is 6.54 Å². The zero-order chi connectivity index (χ0) is 12.3. The first-order valence-electron chi connectivity index (χ1n) is 5.97. The molecule has 2 rings (SSSR count). The van der Waals surface area contributed by atoms with Crippen LogP contribution in [0.15, 0.2) is 24.3 Å². The fraction of sp³-hybridized carbons (Fsp3) is 0.462. The number of nitrogens with one attached hydrogen (secondary N) is 1. The van der Waals surface area contributed by atoms with Crippen molar-refractivity contribution in [2.45, 2.75) is 25.3 Å². The Morgan fingerprint density at radius 3 is 2.89 bits per heavy atom. The molecule has 0 aromatic heterocycles. The van der Waals surface area contributed by atoms with Gasteiger partial charge in [0.05, 0.1) is 0 Å². The number of carbonyl (C=O) groups excluding carboxylic acids is 1. The third-order valence-electron chi connectivity index (χ3n) is 3.37. The fourth-order valence-corrected chi connectivity index (χ4v) is 2.93. The molecule has 0 spiro atoms. The minimum Gasteiger partial charge on any atom is -0.349 e. The third kappa shape index (κ3) is 3.83. The van der Waals surface area contributed by atoms with E-state index in [9.17, 15) is 4.79 Å². The zero-order valence-corrected chi connectivity index (χ0v) is 13.0. The van der Waals surface area contributed by atoms with E-state index in [1.165, 1.54) is 6.42 Å². The summed E-state index contributed by atoms with van der Waals surface area (Å²) in [6.45, 7) is 0.664. The molecule has 1 aromatic carbocycles. The molecule has 5 heteroatoms. The highest BCUT2D eigenvalue weighted by atomic mass is 127. The lowest BCUT2D eigenvalue weighted by Gasteiger charge is -2.19. The number of benzene rings is 1. The van der Waals surface area contributed by atoms with Crippen molar-refractivity contribution in [2.24, 2.45) is 11.7 Å². The maximum atomic E-state index is 12.1. The lowest BCUT2D eigenvalue weighted by Crippen LogP contribution is -2.39. The minimum atomic E-state index is 0. The summed E-state index contributed by atoms with van der Waals surface area (Å²) in [6.07, 6.45) is 3.35. The van der Waals surface area contributed by atoms with Crippen LogP contribution in [0, 0.1) is 9.49 Å². The van der Waals surface area contributed by atoms with Gasteiger partial charge in [0.15, 0.2) is 0 Å². The summed E-state index contributed by atoms with van der Waals surface area (Å²) in [5, 5.41) is 3.10. The van der Waals surface area contributed by atoms with Crippen molar-refractivity contribution in [1.29, 1.82) is 0 Å². The highest BCUT2D eigenvalue weighted by molar-refractivity contribution is 14.1. The first-order valence-corrected chi connectivity index (χ1v) is 7.05. The van der Waals surface area contributed by atoms with Crippen LogP contribution >= 0.6 is 35.0 Å². The Morgan fingerprint density at radius 2 is 2.22 bits per heavy atom. The summed E-state index contributed by atoms with van der Waals surface area (Å²) in [6, 6.07) is 7.90. The second-order valence-corrected chi connectivity index (χ2v) is 5.76. The van der Waals surface area contributed by atoms with Gasteiger partial charge in [0.2, 0.25) is 0 Å². The Kier molecular flexibility index (Phi) is 6.38. The number of rotatable bonds is 3. The number of nitrogens with two attached hydrogens (primary N) is 1. The Morgan fingerprint density at radius 1 is 1.44 bits per heavy atom. The molecule has 1 fully saturated rings. The molecule has 1 aromatic rings. The van der Waals surface area contributed by atoms with E-state index in [2.05, 4.69) is 27.9 Å². The van der Waals surface area contributed by atoms with Crippen LogP contribution in [0.5, 0.6) is 0 Å². The molecule has 18 heavy (non-hydrogen) atoms. The van der Waals surface area contributed by atoms with Crippen LogP contribution in [-0.4, -0.2) is 18.5 Å². The third-order valence-corrected chi connectivity index (χ3v) is 4.04. The molecule has 1 aliphatic carbocycles. The second-order valence-electron chi connectivity index (χ2n) is 4.52. The summed E-state index contributed by atoms with van der Waals surface area (Å²) in [5.41, 5.74) is 6.45. The molecular formula is C13H18ClIN2O. The molecule has 3 N–H and O–H groups in total. The first-order chi connectivity index (χ1) is 8.20. The van der Waals surface area contributed by atoms with E-state index in [0.29, 0.717) is 12.5 Å². The lowest BCUT2D eigenvalue weighted by atomic mass is 10.0. The molecule has 1 saturated carbocycles. The fourth-order valence-electron chi connectivity index (χ4n) is 2.39. The number of hydrogen-bond acceptors (Lipinski definition) is 2. The second kappa shape index (κ2) is 7.31. The average molecular weight is 381 g/mol. The predicted molar refractivity (Wildman–Crippen MR) is 84.1 cm³/mol. The zero-order valence-electron chi connectivity index (χ0n) is 10.1. The average Bonchev–Trinajstić information content (AvgIpc) is 2.76. The van der Waals surface area contributed by atoms with Gasteiger partial charge in [-0.1, -0.05) is 12.5 Å². The monoisotopic (exact) mass is 380 g/mol. The van der Waals surface area contributed by atoms with Gasteiger partial charge < -0.3 is 11.1 Å². The van der Waals surface area contributed by atoms with Crippen molar-refractivity contribution in [3.05, 3.63) is 33.4 Å². The van der Waals surface area contributed by atoms with E-state index in [4.69, 9.17) is 5.73 Å². The number of hydrogen-bond donors (Lipinski definition) is 2. The van der Waals surface area contributed by atoms with E-state index in [1.54, 1.807) is 0 Å². The quantitative estimate of drug-likeness (QED) is 0.792. The smallest absolute Gasteiger partial charge is 0.251 e. The SMILES string of the molecule is Cl.NCC1CCCC1NC(=O)c1cccc(I)c1. The van der Waals surface area contributed by atoms with Gasteiger partial charge in [0, 0.05) is 15.2 Å². The lowest BCUT2D eigenvalue weighted by molar-refractivity contribution is 0.0928. The standard InChI is InChI=1S/C13H17IN2O.ClH/c14-11-5-1-3-9(7-11)13(17)16-12-6-2-4-10(12)8-15;/h1,3,5,7,10,12H,2,4,6,8,15H2,(H,16,17);1H. The Hall–Kier alpha value is -0.330. The topological polar surface area (TPSA) is 55.1 Å². The summed E-state index contributed by atoms with van der Waals surface area (Å²) >= 11 is 2.21. The highest BCUT2D eigenvalue weighted by Gasteiger charge is 2.27. The van der Waals surface area contributed by atoms with Gasteiger partial charge in [0.1, 0.15) is 0 Å². The predicted octanol–water partition coefficient (Wildman–Crippen LogP) is 2.57. The molecule has 100 valence electrons. The molecule has 1 aliphatic rings. The van der Waals surface area contributed by atoms with Crippen LogP contribution in [0.25, 0.3) is 0 Å². The molecule has 0 bridgehead atoms. The van der Waals surface area contributed by atoms with Crippen LogP contribution in [0.1, 0.15) is 29.6 Å². The molecule has 3 nitrogen and oxygen atoms in total. The van der Waals surface area contributed by atoms with Crippen molar-refractivity contribution >= 4 is 40.9 Å². The summed E-state index contributed by atoms with van der Waals surface area (Å²) in [4.78, 5) is 12.1. The van der Waals surface area contributed by atoms with Crippen LogP contribution in [0.2, 0.25) is 0 Å². The number of amides is 1. The van der Waals surface area contributed by atoms with Crippen molar-refractivity contribution in [1.82, 2.24) is 5.32 Å². The maximum Gasteiger partial charge on any atom is 0.251 e.